The molecule has 0 aromatic heterocycles. The summed E-state index contributed by atoms with van der Waals surface area (Å²) < 4.78 is 6.22. The molecule has 1 atom stereocenters. The number of hydrogen-bond donors (Lipinski definition) is 1. The summed E-state index contributed by atoms with van der Waals surface area (Å²) in [5.41, 5.74) is 4.60. The van der Waals surface area contributed by atoms with Crippen molar-refractivity contribution >= 4 is 11.4 Å². The maximum absolute atomic E-state index is 9.15. The lowest BCUT2D eigenvalue weighted by Crippen LogP contribution is -2.27. The number of ether oxygens (including phenoxy) is 1. The number of hydrogen-bond acceptors (Lipinski definition) is 4. The number of nitriles is 1. The molecule has 1 N–H and O–H groups in total. The molecule has 0 spiro atoms. The number of rotatable bonds is 8. The molecule has 0 fully saturated rings. The lowest BCUT2D eigenvalue weighted by atomic mass is 9.74. The maximum atomic E-state index is 9.15. The number of anilines is 2. The highest BCUT2D eigenvalue weighted by Gasteiger charge is 2.31. The smallest absolute Gasteiger partial charge is 0.196 e. The summed E-state index contributed by atoms with van der Waals surface area (Å²) in [5.74, 6) is 1.65. The van der Waals surface area contributed by atoms with Gasteiger partial charge in [-0.2, -0.15) is 5.26 Å². The van der Waals surface area contributed by atoms with Crippen LogP contribution in [0, 0.1) is 11.3 Å². The van der Waals surface area contributed by atoms with Gasteiger partial charge in [-0.1, -0.05) is 67.6 Å². The molecule has 0 amide bonds. The van der Waals surface area contributed by atoms with Gasteiger partial charge in [0, 0.05) is 24.7 Å². The van der Waals surface area contributed by atoms with Crippen molar-refractivity contribution in [3.05, 3.63) is 102 Å². The van der Waals surface area contributed by atoms with Gasteiger partial charge in [0.05, 0.1) is 18.2 Å². The van der Waals surface area contributed by atoms with E-state index in [1.165, 1.54) is 11.1 Å². The molecule has 3 aromatic carbocycles. The topological polar surface area (TPSA) is 48.3 Å². The average Bonchev–Trinajstić information content (AvgIpc) is 3.19. The molecule has 3 aromatic rings. The first-order valence-electron chi connectivity index (χ1n) is 11.1. The van der Waals surface area contributed by atoms with Gasteiger partial charge in [0.15, 0.2) is 11.6 Å². The number of fused-ring (bicyclic) bond motifs is 1. The molecule has 0 saturated heterocycles. The van der Waals surface area contributed by atoms with Crippen molar-refractivity contribution in [1.82, 2.24) is 0 Å². The molecule has 32 heavy (non-hydrogen) atoms. The van der Waals surface area contributed by atoms with E-state index in [1.807, 2.05) is 31.3 Å². The third-order valence-corrected chi connectivity index (χ3v) is 6.09. The number of nitrogens with zero attached hydrogens (tertiary/aromatic N) is 2. The van der Waals surface area contributed by atoms with Crippen LogP contribution in [0.4, 0.5) is 11.4 Å². The van der Waals surface area contributed by atoms with Gasteiger partial charge in [-0.05, 0) is 48.2 Å². The zero-order valence-corrected chi connectivity index (χ0v) is 18.7. The molecule has 4 nitrogen and oxygen atoms in total. The normalized spacial score (nSPS) is 15.5. The van der Waals surface area contributed by atoms with Gasteiger partial charge >= 0.3 is 0 Å². The Kier molecular flexibility index (Phi) is 6.47. The van der Waals surface area contributed by atoms with Crippen LogP contribution < -0.4 is 15.0 Å². The van der Waals surface area contributed by atoms with Crippen LogP contribution in [-0.4, -0.2) is 13.6 Å². The monoisotopic (exact) mass is 423 g/mol. The predicted molar refractivity (Wildman–Crippen MR) is 131 cm³/mol. The highest BCUT2D eigenvalue weighted by molar-refractivity contribution is 5.66. The number of benzene rings is 3. The van der Waals surface area contributed by atoms with Gasteiger partial charge in [-0.15, -0.1) is 0 Å². The number of allylic oxidation sites excluding steroid dienone is 1. The molecular weight excluding hydrogens is 394 g/mol. The van der Waals surface area contributed by atoms with Crippen LogP contribution in [0.3, 0.4) is 0 Å². The van der Waals surface area contributed by atoms with Crippen molar-refractivity contribution in [2.45, 2.75) is 31.6 Å². The minimum absolute atomic E-state index is 0.146. The van der Waals surface area contributed by atoms with Crippen molar-refractivity contribution in [1.29, 1.82) is 5.26 Å². The van der Waals surface area contributed by atoms with E-state index < -0.39 is 0 Å². The Morgan fingerprint density at radius 2 is 1.72 bits per heavy atom. The van der Waals surface area contributed by atoms with Crippen LogP contribution >= 0.6 is 0 Å². The van der Waals surface area contributed by atoms with Crippen molar-refractivity contribution in [3.63, 3.8) is 0 Å². The Morgan fingerprint density at radius 3 is 2.50 bits per heavy atom. The van der Waals surface area contributed by atoms with Gasteiger partial charge in [0.25, 0.3) is 0 Å². The van der Waals surface area contributed by atoms with Gasteiger partial charge in [-0.3, -0.25) is 0 Å². The second-order valence-corrected chi connectivity index (χ2v) is 8.39. The van der Waals surface area contributed by atoms with E-state index >= 15 is 0 Å². The Hall–Kier alpha value is -3.71. The van der Waals surface area contributed by atoms with Gasteiger partial charge < -0.3 is 15.0 Å². The molecule has 1 aliphatic rings. The van der Waals surface area contributed by atoms with E-state index in [0.29, 0.717) is 13.0 Å². The first-order valence-corrected chi connectivity index (χ1v) is 11.1. The van der Waals surface area contributed by atoms with Crippen LogP contribution in [0.15, 0.2) is 90.8 Å². The Morgan fingerprint density at radius 1 is 1.00 bits per heavy atom. The van der Waals surface area contributed by atoms with Crippen molar-refractivity contribution in [2.24, 2.45) is 0 Å². The van der Waals surface area contributed by atoms with E-state index in [4.69, 9.17) is 10.00 Å². The summed E-state index contributed by atoms with van der Waals surface area (Å²) in [5, 5.41) is 12.5. The van der Waals surface area contributed by atoms with Crippen LogP contribution in [0.25, 0.3) is 0 Å². The first kappa shape index (κ1) is 21.5. The SMILES string of the molecule is CNc1ccccc1C(C)(C/C=C1\Oc2ccccc2N1CCC#N)Cc1ccccc1. The fourth-order valence-corrected chi connectivity index (χ4v) is 4.46. The first-order chi connectivity index (χ1) is 15.6. The molecule has 0 saturated carbocycles. The molecule has 4 rings (SSSR count). The number of para-hydroxylation sites is 3. The lowest BCUT2D eigenvalue weighted by Gasteiger charge is -2.32. The lowest BCUT2D eigenvalue weighted by molar-refractivity contribution is 0.420. The summed E-state index contributed by atoms with van der Waals surface area (Å²) >= 11 is 0. The molecule has 162 valence electrons. The third-order valence-electron chi connectivity index (χ3n) is 6.09. The molecular formula is C28H29N3O. The van der Waals surface area contributed by atoms with E-state index in [1.54, 1.807) is 0 Å². The Bertz CT molecular complexity index is 1130. The van der Waals surface area contributed by atoms with E-state index in [2.05, 4.69) is 83.9 Å². The standard InChI is InChI=1S/C28H29N3O/c1-28(21-22-11-4-3-5-12-22,23-13-6-7-14-24(23)30-2)18-17-27-31(20-10-19-29)25-15-8-9-16-26(25)32-27/h3-9,11-17,30H,10,18,20-21H2,1-2H3/b27-17-. The van der Waals surface area contributed by atoms with E-state index in [-0.39, 0.29) is 5.41 Å². The van der Waals surface area contributed by atoms with Crippen molar-refractivity contribution < 1.29 is 4.74 Å². The molecule has 1 aliphatic heterocycles. The maximum Gasteiger partial charge on any atom is 0.196 e. The van der Waals surface area contributed by atoms with E-state index in [9.17, 15) is 0 Å². The molecule has 4 heteroatoms. The molecule has 1 heterocycles. The fraction of sp³-hybridized carbons (Fsp3) is 0.250. The minimum Gasteiger partial charge on any atom is -0.439 e. The van der Waals surface area contributed by atoms with Crippen LogP contribution in [-0.2, 0) is 11.8 Å². The summed E-state index contributed by atoms with van der Waals surface area (Å²) in [6.45, 7) is 2.93. The predicted octanol–water partition coefficient (Wildman–Crippen LogP) is 6.27. The summed E-state index contributed by atoms with van der Waals surface area (Å²) in [6, 6.07) is 29.4. The highest BCUT2D eigenvalue weighted by Crippen LogP contribution is 2.41. The molecule has 0 bridgehead atoms. The second-order valence-electron chi connectivity index (χ2n) is 8.39. The van der Waals surface area contributed by atoms with Crippen LogP contribution in [0.1, 0.15) is 30.9 Å². The van der Waals surface area contributed by atoms with E-state index in [0.717, 1.165) is 35.8 Å². The number of nitrogens with one attached hydrogen (secondary N) is 1. The second kappa shape index (κ2) is 9.62. The van der Waals surface area contributed by atoms with Crippen LogP contribution in [0.5, 0.6) is 5.75 Å². The fourth-order valence-electron chi connectivity index (χ4n) is 4.46. The Balaban J connectivity index is 1.69. The van der Waals surface area contributed by atoms with Crippen LogP contribution in [0.2, 0.25) is 0 Å². The van der Waals surface area contributed by atoms with Gasteiger partial charge in [0.2, 0.25) is 0 Å². The van der Waals surface area contributed by atoms with Gasteiger partial charge in [0.1, 0.15) is 0 Å². The van der Waals surface area contributed by atoms with Crippen molar-refractivity contribution in [2.75, 3.05) is 23.8 Å². The Labute approximate surface area is 190 Å². The highest BCUT2D eigenvalue weighted by atomic mass is 16.5. The summed E-state index contributed by atoms with van der Waals surface area (Å²) in [7, 11) is 1.97. The zero-order chi connectivity index (χ0) is 22.4. The summed E-state index contributed by atoms with van der Waals surface area (Å²) in [6.07, 6.45) is 4.33. The molecule has 1 unspecified atom stereocenters. The molecule has 0 radical (unpaired) electrons. The quantitative estimate of drug-likeness (QED) is 0.464. The summed E-state index contributed by atoms with van der Waals surface area (Å²) in [4.78, 5) is 2.12. The average molecular weight is 424 g/mol. The molecule has 0 aliphatic carbocycles. The van der Waals surface area contributed by atoms with Gasteiger partial charge in [-0.25, -0.2) is 0 Å². The largest absolute Gasteiger partial charge is 0.439 e. The third kappa shape index (κ3) is 4.48. The van der Waals surface area contributed by atoms with Crippen molar-refractivity contribution in [3.8, 4) is 11.8 Å². The zero-order valence-electron chi connectivity index (χ0n) is 18.7. The minimum atomic E-state index is -0.146.